The van der Waals surface area contributed by atoms with Crippen LogP contribution in [-0.2, 0) is 25.5 Å². The third kappa shape index (κ3) is 4.94. The van der Waals surface area contributed by atoms with Gasteiger partial charge in [0, 0.05) is 16.3 Å². The molecule has 30 heavy (non-hydrogen) atoms. The summed E-state index contributed by atoms with van der Waals surface area (Å²) in [4.78, 5) is 37.8. The Morgan fingerprint density at radius 2 is 1.90 bits per heavy atom. The van der Waals surface area contributed by atoms with Crippen LogP contribution in [0.2, 0.25) is 5.02 Å². The summed E-state index contributed by atoms with van der Waals surface area (Å²) in [5, 5.41) is 3.82. The van der Waals surface area contributed by atoms with Crippen molar-refractivity contribution < 1.29 is 28.6 Å². The van der Waals surface area contributed by atoms with E-state index in [2.05, 4.69) is 5.32 Å². The largest absolute Gasteiger partial charge is 0.494 e. The highest BCUT2D eigenvalue weighted by Gasteiger charge is 2.38. The fourth-order valence-electron chi connectivity index (χ4n) is 3.38. The Balaban J connectivity index is 1.63. The van der Waals surface area contributed by atoms with Crippen LogP contribution < -0.4 is 10.1 Å². The zero-order valence-electron chi connectivity index (χ0n) is 16.7. The molecule has 1 amide bonds. The van der Waals surface area contributed by atoms with E-state index in [1.807, 2.05) is 0 Å². The summed E-state index contributed by atoms with van der Waals surface area (Å²) in [6, 6.07) is 6.98. The van der Waals surface area contributed by atoms with Crippen molar-refractivity contribution in [2.24, 2.45) is 0 Å². The van der Waals surface area contributed by atoms with Crippen molar-refractivity contribution >= 4 is 45.8 Å². The topological polar surface area (TPSA) is 90.9 Å². The maximum absolute atomic E-state index is 12.4. The fourth-order valence-corrected chi connectivity index (χ4v) is 4.79. The summed E-state index contributed by atoms with van der Waals surface area (Å²) < 4.78 is 15.3. The van der Waals surface area contributed by atoms with E-state index in [1.54, 1.807) is 24.3 Å². The number of ether oxygens (including phenoxy) is 3. The van der Waals surface area contributed by atoms with Crippen LogP contribution in [0.4, 0.5) is 5.00 Å². The zero-order chi connectivity index (χ0) is 21.7. The van der Waals surface area contributed by atoms with E-state index in [4.69, 9.17) is 25.8 Å². The first-order valence-corrected chi connectivity index (χ1v) is 10.6. The number of nitrogens with one attached hydrogen (secondary N) is 1. The number of esters is 2. The van der Waals surface area contributed by atoms with Crippen LogP contribution >= 0.6 is 22.9 Å². The van der Waals surface area contributed by atoms with Gasteiger partial charge >= 0.3 is 11.9 Å². The number of anilines is 1. The molecule has 1 aliphatic carbocycles. The summed E-state index contributed by atoms with van der Waals surface area (Å²) in [6.45, 7) is 0.365. The standard InChI is InChI=1S/C21H22ClNO6S/c1-27-20(25)14-9-10-15-17(14)18(21(26)28-2)19(30-15)23-16(24)4-3-11-29-13-7-5-12(22)6-8-13/h5-8,14H,3-4,9-11H2,1-2H3,(H,23,24). The van der Waals surface area contributed by atoms with Gasteiger partial charge in [-0.05, 0) is 49.1 Å². The molecule has 0 fully saturated rings. The number of carbonyl (C=O) groups is 3. The van der Waals surface area contributed by atoms with Crippen LogP contribution in [0.1, 0.15) is 46.0 Å². The van der Waals surface area contributed by atoms with E-state index < -0.39 is 17.9 Å². The molecular weight excluding hydrogens is 430 g/mol. The molecule has 1 aromatic heterocycles. The second kappa shape index (κ2) is 9.95. The first kappa shape index (κ1) is 22.1. The van der Waals surface area contributed by atoms with Gasteiger partial charge in [-0.3, -0.25) is 9.59 Å². The van der Waals surface area contributed by atoms with Crippen LogP contribution in [0.15, 0.2) is 24.3 Å². The van der Waals surface area contributed by atoms with Crippen LogP contribution in [-0.4, -0.2) is 38.7 Å². The summed E-state index contributed by atoms with van der Waals surface area (Å²) in [7, 11) is 2.59. The summed E-state index contributed by atoms with van der Waals surface area (Å²) in [5.41, 5.74) is 0.858. The molecule has 0 radical (unpaired) electrons. The number of aryl methyl sites for hydroxylation is 1. The minimum absolute atomic E-state index is 0.219. The third-order valence-corrected chi connectivity index (χ3v) is 6.22. The van der Waals surface area contributed by atoms with Gasteiger partial charge in [0.2, 0.25) is 5.91 Å². The molecule has 1 aromatic carbocycles. The predicted molar refractivity (Wildman–Crippen MR) is 114 cm³/mol. The van der Waals surface area contributed by atoms with Gasteiger partial charge in [-0.15, -0.1) is 11.3 Å². The molecule has 1 aliphatic rings. The molecule has 1 atom stereocenters. The minimum atomic E-state index is -0.579. The number of amides is 1. The normalized spacial score (nSPS) is 14.7. The first-order chi connectivity index (χ1) is 14.4. The molecule has 1 heterocycles. The molecule has 3 rings (SSSR count). The van der Waals surface area contributed by atoms with Crippen molar-refractivity contribution in [1.82, 2.24) is 0 Å². The first-order valence-electron chi connectivity index (χ1n) is 9.44. The number of carbonyl (C=O) groups excluding carboxylic acids is 3. The Morgan fingerprint density at radius 3 is 2.57 bits per heavy atom. The molecule has 1 N–H and O–H groups in total. The van der Waals surface area contributed by atoms with Gasteiger partial charge in [-0.1, -0.05) is 11.6 Å². The van der Waals surface area contributed by atoms with Crippen molar-refractivity contribution in [3.8, 4) is 5.75 Å². The number of methoxy groups -OCH3 is 2. The van der Waals surface area contributed by atoms with Gasteiger partial charge in [-0.25, -0.2) is 4.79 Å². The van der Waals surface area contributed by atoms with E-state index >= 15 is 0 Å². The van der Waals surface area contributed by atoms with Gasteiger partial charge in [0.15, 0.2) is 0 Å². The maximum atomic E-state index is 12.4. The molecule has 160 valence electrons. The molecule has 0 saturated heterocycles. The number of hydrogen-bond acceptors (Lipinski definition) is 7. The van der Waals surface area contributed by atoms with Crippen LogP contribution in [0, 0.1) is 0 Å². The minimum Gasteiger partial charge on any atom is -0.494 e. The summed E-state index contributed by atoms with van der Waals surface area (Å²) in [5.74, 6) is -1.06. The number of thiophene rings is 1. The van der Waals surface area contributed by atoms with Gasteiger partial charge in [0.1, 0.15) is 10.8 Å². The smallest absolute Gasteiger partial charge is 0.341 e. The van der Waals surface area contributed by atoms with Crippen LogP contribution in [0.25, 0.3) is 0 Å². The summed E-state index contributed by atoms with van der Waals surface area (Å²) >= 11 is 7.14. The van der Waals surface area contributed by atoms with Crippen LogP contribution in [0.5, 0.6) is 5.75 Å². The molecule has 0 aliphatic heterocycles. The Kier molecular flexibility index (Phi) is 7.33. The molecule has 0 bridgehead atoms. The Morgan fingerprint density at radius 1 is 1.17 bits per heavy atom. The highest BCUT2D eigenvalue weighted by Crippen LogP contribution is 2.45. The molecule has 9 heteroatoms. The van der Waals surface area contributed by atoms with Crippen molar-refractivity contribution in [2.75, 3.05) is 26.1 Å². The summed E-state index contributed by atoms with van der Waals surface area (Å²) in [6.07, 6.45) is 1.94. The molecule has 1 unspecified atom stereocenters. The Bertz CT molecular complexity index is 940. The average Bonchev–Trinajstić information content (AvgIpc) is 3.30. The quantitative estimate of drug-likeness (QED) is 0.478. The zero-order valence-corrected chi connectivity index (χ0v) is 18.2. The van der Waals surface area contributed by atoms with Crippen LogP contribution in [0.3, 0.4) is 0 Å². The monoisotopic (exact) mass is 451 g/mol. The van der Waals surface area contributed by atoms with E-state index in [-0.39, 0.29) is 17.9 Å². The molecular formula is C21H22ClNO6S. The Hall–Kier alpha value is -2.58. The van der Waals surface area contributed by atoms with Crippen molar-refractivity contribution in [3.63, 3.8) is 0 Å². The number of benzene rings is 1. The fraction of sp³-hybridized carbons (Fsp3) is 0.381. The average molecular weight is 452 g/mol. The molecule has 0 saturated carbocycles. The van der Waals surface area contributed by atoms with E-state index in [9.17, 15) is 14.4 Å². The van der Waals surface area contributed by atoms with Gasteiger partial charge < -0.3 is 19.5 Å². The predicted octanol–water partition coefficient (Wildman–Crippen LogP) is 4.19. The second-order valence-corrected chi connectivity index (χ2v) is 8.24. The second-order valence-electron chi connectivity index (χ2n) is 6.70. The highest BCUT2D eigenvalue weighted by molar-refractivity contribution is 7.17. The lowest BCUT2D eigenvalue weighted by molar-refractivity contribution is -0.142. The van der Waals surface area contributed by atoms with E-state index in [0.717, 1.165) is 4.88 Å². The highest BCUT2D eigenvalue weighted by atomic mass is 35.5. The lowest BCUT2D eigenvalue weighted by Crippen LogP contribution is -2.18. The number of fused-ring (bicyclic) bond motifs is 1. The van der Waals surface area contributed by atoms with Gasteiger partial charge in [0.25, 0.3) is 0 Å². The van der Waals surface area contributed by atoms with E-state index in [1.165, 1.54) is 25.6 Å². The number of rotatable bonds is 8. The third-order valence-electron chi connectivity index (χ3n) is 4.79. The Labute approximate surface area is 183 Å². The van der Waals surface area contributed by atoms with E-state index in [0.29, 0.717) is 47.2 Å². The number of halogens is 1. The van der Waals surface area contributed by atoms with Gasteiger partial charge in [0.05, 0.1) is 32.3 Å². The van der Waals surface area contributed by atoms with Crippen molar-refractivity contribution in [2.45, 2.75) is 31.6 Å². The molecule has 7 nitrogen and oxygen atoms in total. The lowest BCUT2D eigenvalue weighted by Gasteiger charge is -2.12. The van der Waals surface area contributed by atoms with Crippen molar-refractivity contribution in [1.29, 1.82) is 0 Å². The maximum Gasteiger partial charge on any atom is 0.341 e. The van der Waals surface area contributed by atoms with Gasteiger partial charge in [-0.2, -0.15) is 0 Å². The SMILES string of the molecule is COC(=O)c1c(NC(=O)CCCOc2ccc(Cl)cc2)sc2c1C(C(=O)OC)CC2. The lowest BCUT2D eigenvalue weighted by atomic mass is 9.99. The number of hydrogen-bond donors (Lipinski definition) is 1. The molecule has 2 aromatic rings. The molecule has 0 spiro atoms. The van der Waals surface area contributed by atoms with Crippen molar-refractivity contribution in [3.05, 3.63) is 45.3 Å².